The molecule has 0 spiro atoms. The van der Waals surface area contributed by atoms with Gasteiger partial charge in [-0.1, -0.05) is 18.2 Å². The molecular weight excluding hydrogens is 217 g/mol. The summed E-state index contributed by atoms with van der Waals surface area (Å²) in [4.78, 5) is 3.91. The number of nitrogens with zero attached hydrogens (tertiary/aromatic N) is 1. The van der Waals surface area contributed by atoms with E-state index in [1.807, 2.05) is 12.1 Å². The number of rotatable bonds is 4. The summed E-state index contributed by atoms with van der Waals surface area (Å²) in [6.45, 7) is -0.277. The lowest BCUT2D eigenvalue weighted by Gasteiger charge is -2.06. The maximum atomic E-state index is 13.4. The topological polar surface area (TPSA) is 32.8 Å². The van der Waals surface area contributed by atoms with E-state index in [9.17, 15) is 9.50 Å². The molecular formula is C14H13FNO. The van der Waals surface area contributed by atoms with Gasteiger partial charge in [0.15, 0.2) is 0 Å². The van der Waals surface area contributed by atoms with Crippen LogP contribution in [0.15, 0.2) is 42.7 Å². The molecule has 0 aliphatic heterocycles. The lowest BCUT2D eigenvalue weighted by atomic mass is 10.0. The van der Waals surface area contributed by atoms with Crippen molar-refractivity contribution in [3.8, 4) is 0 Å². The maximum absolute atomic E-state index is 13.4. The van der Waals surface area contributed by atoms with Crippen molar-refractivity contribution >= 4 is 0 Å². The Bertz CT molecular complexity index is 499. The Kier molecular flexibility index (Phi) is 3.83. The molecule has 2 nitrogen and oxygen atoms in total. The molecule has 87 valence electrons. The normalized spacial score (nSPS) is 10.5. The summed E-state index contributed by atoms with van der Waals surface area (Å²) in [5, 5.41) is 10.9. The molecule has 2 aromatic rings. The van der Waals surface area contributed by atoms with E-state index in [4.69, 9.17) is 0 Å². The van der Waals surface area contributed by atoms with Gasteiger partial charge in [-0.3, -0.25) is 4.98 Å². The first-order valence-corrected chi connectivity index (χ1v) is 5.54. The zero-order chi connectivity index (χ0) is 12.1. The Balaban J connectivity index is 2.10. The first kappa shape index (κ1) is 11.7. The van der Waals surface area contributed by atoms with E-state index in [0.29, 0.717) is 24.0 Å². The van der Waals surface area contributed by atoms with Crippen molar-refractivity contribution in [3.63, 3.8) is 0 Å². The second-order valence-corrected chi connectivity index (χ2v) is 3.88. The Morgan fingerprint density at radius 3 is 2.53 bits per heavy atom. The average molecular weight is 230 g/mol. The van der Waals surface area contributed by atoms with Gasteiger partial charge in [0.05, 0.1) is 0 Å². The van der Waals surface area contributed by atoms with Gasteiger partial charge in [0.1, 0.15) is 12.4 Å². The third-order valence-corrected chi connectivity index (χ3v) is 2.78. The molecule has 0 fully saturated rings. The van der Waals surface area contributed by atoms with Gasteiger partial charge in [0.25, 0.3) is 0 Å². The fraction of sp³-hybridized carbons (Fsp3) is 0.214. The van der Waals surface area contributed by atoms with Crippen molar-refractivity contribution in [2.75, 3.05) is 0 Å². The second-order valence-electron chi connectivity index (χ2n) is 3.88. The van der Waals surface area contributed by atoms with E-state index in [-0.39, 0.29) is 12.4 Å². The third kappa shape index (κ3) is 2.88. The summed E-state index contributed by atoms with van der Waals surface area (Å²) < 4.78 is 13.4. The lowest BCUT2D eigenvalue weighted by molar-refractivity contribution is 0.176. The fourth-order valence-electron chi connectivity index (χ4n) is 1.80. The quantitative estimate of drug-likeness (QED) is 0.794. The smallest absolute Gasteiger partial charge is 0.126 e. The van der Waals surface area contributed by atoms with Gasteiger partial charge in [0, 0.05) is 18.0 Å². The van der Waals surface area contributed by atoms with Gasteiger partial charge in [-0.2, -0.15) is 0 Å². The maximum Gasteiger partial charge on any atom is 0.126 e. The van der Waals surface area contributed by atoms with Crippen LogP contribution >= 0.6 is 0 Å². The molecule has 1 aromatic heterocycles. The number of pyridine rings is 1. The molecule has 1 aromatic carbocycles. The van der Waals surface area contributed by atoms with Crippen molar-refractivity contribution in [1.82, 2.24) is 4.98 Å². The number of aryl methyl sites for hydroxylation is 2. The van der Waals surface area contributed by atoms with E-state index >= 15 is 0 Å². The predicted molar refractivity (Wildman–Crippen MR) is 62.4 cm³/mol. The minimum atomic E-state index is -0.277. The summed E-state index contributed by atoms with van der Waals surface area (Å²) in [5.74, 6) is -0.190. The highest BCUT2D eigenvalue weighted by Gasteiger charge is 2.05. The molecule has 3 heteroatoms. The molecule has 0 unspecified atom stereocenters. The van der Waals surface area contributed by atoms with E-state index in [0.717, 1.165) is 5.56 Å². The number of halogens is 1. The zero-order valence-corrected chi connectivity index (χ0v) is 9.40. The second kappa shape index (κ2) is 5.55. The molecule has 0 saturated carbocycles. The van der Waals surface area contributed by atoms with Crippen LogP contribution in [0.2, 0.25) is 0 Å². The van der Waals surface area contributed by atoms with Crippen LogP contribution in [-0.2, 0) is 24.6 Å². The minimum Gasteiger partial charge on any atom is -0.264 e. The molecule has 0 amide bonds. The molecule has 2 rings (SSSR count). The van der Waals surface area contributed by atoms with Crippen molar-refractivity contribution in [2.24, 2.45) is 0 Å². The molecule has 0 atom stereocenters. The first-order chi connectivity index (χ1) is 8.31. The third-order valence-electron chi connectivity index (χ3n) is 2.78. The highest BCUT2D eigenvalue weighted by Crippen LogP contribution is 2.13. The number of hydrogen-bond donors (Lipinski definition) is 0. The van der Waals surface area contributed by atoms with Gasteiger partial charge in [-0.05, 0) is 36.1 Å². The number of hydrogen-bond acceptors (Lipinski definition) is 1. The van der Waals surface area contributed by atoms with Gasteiger partial charge < -0.3 is 0 Å². The Morgan fingerprint density at radius 1 is 1.00 bits per heavy atom. The summed E-state index contributed by atoms with van der Waals surface area (Å²) in [6.07, 6.45) is 4.52. The molecule has 0 aliphatic rings. The van der Waals surface area contributed by atoms with Gasteiger partial charge in [-0.15, -0.1) is 0 Å². The Labute approximate surface area is 99.8 Å². The van der Waals surface area contributed by atoms with Gasteiger partial charge >= 0.3 is 0 Å². The largest absolute Gasteiger partial charge is 0.264 e. The van der Waals surface area contributed by atoms with Crippen LogP contribution in [0.25, 0.3) is 0 Å². The molecule has 1 radical (unpaired) electrons. The summed E-state index contributed by atoms with van der Waals surface area (Å²) in [5.41, 5.74) is 2.34. The standard InChI is InChI=1S/C14H13FNO/c15-14-4-2-1-3-12(14)6-5-11-7-8-16-9-13(11)10-17/h1-4,7-9H,5-6,10H2. The lowest BCUT2D eigenvalue weighted by Crippen LogP contribution is -1.99. The molecule has 0 aliphatic carbocycles. The molecule has 1 heterocycles. The van der Waals surface area contributed by atoms with Crippen molar-refractivity contribution < 1.29 is 9.50 Å². The summed E-state index contributed by atoms with van der Waals surface area (Å²) in [6, 6.07) is 8.55. The van der Waals surface area contributed by atoms with Crippen LogP contribution in [-0.4, -0.2) is 4.98 Å². The monoisotopic (exact) mass is 230 g/mol. The SMILES string of the molecule is [O]Cc1cnccc1CCc1ccccc1F. The molecule has 0 N–H and O–H groups in total. The Hall–Kier alpha value is -1.74. The number of aromatic nitrogens is 1. The molecule has 0 saturated heterocycles. The van der Waals surface area contributed by atoms with Crippen LogP contribution in [0.1, 0.15) is 16.7 Å². The number of benzene rings is 1. The van der Waals surface area contributed by atoms with Crippen LogP contribution < -0.4 is 0 Å². The van der Waals surface area contributed by atoms with E-state index < -0.39 is 0 Å². The predicted octanol–water partition coefficient (Wildman–Crippen LogP) is 2.94. The van der Waals surface area contributed by atoms with Crippen molar-refractivity contribution in [2.45, 2.75) is 19.4 Å². The van der Waals surface area contributed by atoms with E-state index in [2.05, 4.69) is 4.98 Å². The zero-order valence-electron chi connectivity index (χ0n) is 9.40. The minimum absolute atomic E-state index is 0.190. The molecule has 17 heavy (non-hydrogen) atoms. The van der Waals surface area contributed by atoms with E-state index in [1.54, 1.807) is 24.5 Å². The Morgan fingerprint density at radius 2 is 1.76 bits per heavy atom. The summed E-state index contributed by atoms with van der Waals surface area (Å²) in [7, 11) is 0. The van der Waals surface area contributed by atoms with Gasteiger partial charge in [0.2, 0.25) is 0 Å². The van der Waals surface area contributed by atoms with Gasteiger partial charge in [-0.25, -0.2) is 9.50 Å². The van der Waals surface area contributed by atoms with Crippen LogP contribution in [0, 0.1) is 5.82 Å². The van der Waals surface area contributed by atoms with Crippen LogP contribution in [0.4, 0.5) is 4.39 Å². The molecule has 0 bridgehead atoms. The van der Waals surface area contributed by atoms with Crippen LogP contribution in [0.5, 0.6) is 0 Å². The first-order valence-electron chi connectivity index (χ1n) is 5.54. The fourth-order valence-corrected chi connectivity index (χ4v) is 1.80. The highest BCUT2D eigenvalue weighted by atomic mass is 19.1. The average Bonchev–Trinajstić information content (AvgIpc) is 2.38. The van der Waals surface area contributed by atoms with E-state index in [1.165, 1.54) is 6.07 Å². The van der Waals surface area contributed by atoms with Crippen LogP contribution in [0.3, 0.4) is 0 Å². The summed E-state index contributed by atoms with van der Waals surface area (Å²) >= 11 is 0. The highest BCUT2D eigenvalue weighted by molar-refractivity contribution is 5.25. The van der Waals surface area contributed by atoms with Crippen molar-refractivity contribution in [1.29, 1.82) is 0 Å². The van der Waals surface area contributed by atoms with Crippen molar-refractivity contribution in [3.05, 3.63) is 65.2 Å².